The summed E-state index contributed by atoms with van der Waals surface area (Å²) in [6.45, 7) is 2.75. The van der Waals surface area contributed by atoms with Gasteiger partial charge in [0, 0.05) is 24.5 Å². The van der Waals surface area contributed by atoms with Crippen molar-refractivity contribution in [3.63, 3.8) is 0 Å². The van der Waals surface area contributed by atoms with Gasteiger partial charge in [-0.25, -0.2) is 14.8 Å². The molecule has 2 N–H and O–H groups in total. The molecule has 0 unspecified atom stereocenters. The van der Waals surface area contributed by atoms with Crippen molar-refractivity contribution in [2.45, 2.75) is 13.5 Å². The first-order chi connectivity index (χ1) is 9.19. The van der Waals surface area contributed by atoms with E-state index in [1.807, 2.05) is 13.1 Å². The highest BCUT2D eigenvalue weighted by atomic mass is 16.4. The highest BCUT2D eigenvalue weighted by Gasteiger charge is 2.14. The highest BCUT2D eigenvalue weighted by Crippen LogP contribution is 2.20. The molecule has 7 nitrogen and oxygen atoms in total. The molecule has 3 aromatic rings. The molecule has 3 aromatic heterocycles. The van der Waals surface area contributed by atoms with Crippen LogP contribution in [0.4, 0.5) is 0 Å². The van der Waals surface area contributed by atoms with Crippen molar-refractivity contribution in [1.29, 1.82) is 0 Å². The molecule has 0 aromatic carbocycles. The van der Waals surface area contributed by atoms with Crippen molar-refractivity contribution < 1.29 is 9.90 Å². The second-order valence-corrected chi connectivity index (χ2v) is 4.04. The Morgan fingerprint density at radius 3 is 3.00 bits per heavy atom. The summed E-state index contributed by atoms with van der Waals surface area (Å²) in [5.74, 6) is -1.03. The Morgan fingerprint density at radius 1 is 1.47 bits per heavy atom. The first kappa shape index (κ1) is 11.4. The molecule has 0 spiro atoms. The Labute approximate surface area is 107 Å². The molecule has 0 saturated heterocycles. The monoisotopic (exact) mass is 257 g/mol. The van der Waals surface area contributed by atoms with E-state index >= 15 is 0 Å². The van der Waals surface area contributed by atoms with Crippen LogP contribution in [0.2, 0.25) is 0 Å². The average molecular weight is 257 g/mol. The second kappa shape index (κ2) is 4.20. The van der Waals surface area contributed by atoms with Crippen LogP contribution < -0.4 is 0 Å². The third kappa shape index (κ3) is 1.85. The van der Waals surface area contributed by atoms with Crippen molar-refractivity contribution in [2.24, 2.45) is 0 Å². The molecule has 7 heteroatoms. The summed E-state index contributed by atoms with van der Waals surface area (Å²) in [5.41, 5.74) is 2.36. The summed E-state index contributed by atoms with van der Waals surface area (Å²) in [4.78, 5) is 22.4. The van der Waals surface area contributed by atoms with Crippen molar-refractivity contribution >= 4 is 17.1 Å². The number of aryl methyl sites for hydroxylation is 1. The number of nitrogens with zero attached hydrogens (tertiary/aromatic N) is 4. The fourth-order valence-electron chi connectivity index (χ4n) is 1.86. The minimum Gasteiger partial charge on any atom is -0.478 e. The van der Waals surface area contributed by atoms with E-state index in [9.17, 15) is 4.79 Å². The first-order valence-corrected chi connectivity index (χ1v) is 5.79. The smallest absolute Gasteiger partial charge is 0.339 e. The number of fused-ring (bicyclic) bond motifs is 1. The van der Waals surface area contributed by atoms with Gasteiger partial charge in [-0.2, -0.15) is 5.10 Å². The first-order valence-electron chi connectivity index (χ1n) is 5.79. The summed E-state index contributed by atoms with van der Waals surface area (Å²) in [6, 6.07) is 0. The highest BCUT2D eigenvalue weighted by molar-refractivity contribution is 6.00. The van der Waals surface area contributed by atoms with Crippen LogP contribution in [0, 0.1) is 0 Å². The van der Waals surface area contributed by atoms with Crippen LogP contribution in [0.3, 0.4) is 0 Å². The third-order valence-corrected chi connectivity index (χ3v) is 2.86. The predicted octanol–water partition coefficient (Wildman–Crippen LogP) is 1.54. The largest absolute Gasteiger partial charge is 0.478 e. The molecular formula is C12H11N5O2. The number of hydrogen-bond acceptors (Lipinski definition) is 4. The number of aromatic carboxylic acids is 1. The molecule has 19 heavy (non-hydrogen) atoms. The maximum absolute atomic E-state index is 11.1. The molecule has 0 bridgehead atoms. The van der Waals surface area contributed by atoms with Gasteiger partial charge in [0.05, 0.1) is 18.1 Å². The van der Waals surface area contributed by atoms with E-state index < -0.39 is 5.97 Å². The maximum Gasteiger partial charge on any atom is 0.339 e. The molecule has 0 saturated carbocycles. The number of carbonyl (C=O) groups is 1. The van der Waals surface area contributed by atoms with E-state index in [-0.39, 0.29) is 5.56 Å². The van der Waals surface area contributed by atoms with E-state index in [0.717, 1.165) is 12.1 Å². The van der Waals surface area contributed by atoms with Gasteiger partial charge in [-0.1, -0.05) is 0 Å². The molecular weight excluding hydrogens is 246 g/mol. The SMILES string of the molecule is CCn1cc(-c2cnc3[nH]cc(C(=O)O)c3n2)cn1. The van der Waals surface area contributed by atoms with Gasteiger partial charge >= 0.3 is 5.97 Å². The van der Waals surface area contributed by atoms with Crippen LogP contribution in [0.15, 0.2) is 24.8 Å². The van der Waals surface area contributed by atoms with E-state index in [1.54, 1.807) is 17.1 Å². The minimum atomic E-state index is -1.03. The fraction of sp³-hybridized carbons (Fsp3) is 0.167. The summed E-state index contributed by atoms with van der Waals surface area (Å²) in [6.07, 6.45) is 6.53. The van der Waals surface area contributed by atoms with Gasteiger partial charge in [0.2, 0.25) is 0 Å². The number of rotatable bonds is 3. The molecule has 0 aliphatic carbocycles. The van der Waals surface area contributed by atoms with Gasteiger partial charge < -0.3 is 10.1 Å². The lowest BCUT2D eigenvalue weighted by Gasteiger charge is -1.97. The van der Waals surface area contributed by atoms with E-state index in [1.165, 1.54) is 6.20 Å². The normalized spacial score (nSPS) is 11.0. The van der Waals surface area contributed by atoms with Crippen molar-refractivity contribution in [1.82, 2.24) is 24.7 Å². The topological polar surface area (TPSA) is 96.7 Å². The van der Waals surface area contributed by atoms with Crippen LogP contribution in [0.5, 0.6) is 0 Å². The molecule has 0 amide bonds. The van der Waals surface area contributed by atoms with Crippen LogP contribution in [0.1, 0.15) is 17.3 Å². The van der Waals surface area contributed by atoms with Gasteiger partial charge in [-0.3, -0.25) is 4.68 Å². The Hall–Kier alpha value is -2.70. The number of carboxylic acids is 1. The lowest BCUT2D eigenvalue weighted by Crippen LogP contribution is -1.96. The van der Waals surface area contributed by atoms with Crippen molar-refractivity contribution in [3.8, 4) is 11.3 Å². The number of carboxylic acid groups (broad SMARTS) is 1. The standard InChI is InChI=1S/C12H11N5O2/c1-2-17-6-7(3-15-17)9-5-14-11-10(16-9)8(4-13-11)12(18)19/h3-6H,2H2,1H3,(H,13,14)(H,18,19). The van der Waals surface area contributed by atoms with Gasteiger partial charge in [0.25, 0.3) is 0 Å². The number of aromatic nitrogens is 5. The van der Waals surface area contributed by atoms with Crippen LogP contribution >= 0.6 is 0 Å². The summed E-state index contributed by atoms with van der Waals surface area (Å²) < 4.78 is 1.77. The second-order valence-electron chi connectivity index (χ2n) is 4.04. The number of hydrogen-bond donors (Lipinski definition) is 2. The molecule has 0 radical (unpaired) electrons. The average Bonchev–Trinajstić information content (AvgIpc) is 3.04. The Balaban J connectivity index is 2.14. The summed E-state index contributed by atoms with van der Waals surface area (Å²) >= 11 is 0. The van der Waals surface area contributed by atoms with Crippen LogP contribution in [-0.2, 0) is 6.54 Å². The van der Waals surface area contributed by atoms with Crippen LogP contribution in [0.25, 0.3) is 22.4 Å². The Bertz CT molecular complexity index is 758. The molecule has 3 rings (SSSR count). The molecule has 0 aliphatic rings. The maximum atomic E-state index is 11.1. The fourth-order valence-corrected chi connectivity index (χ4v) is 1.86. The lowest BCUT2D eigenvalue weighted by molar-refractivity contribution is 0.0699. The van der Waals surface area contributed by atoms with Gasteiger partial charge in [-0.15, -0.1) is 0 Å². The number of aromatic amines is 1. The molecule has 0 atom stereocenters. The lowest BCUT2D eigenvalue weighted by atomic mass is 10.2. The van der Waals surface area contributed by atoms with Gasteiger partial charge in [0.1, 0.15) is 11.1 Å². The number of nitrogens with one attached hydrogen (secondary N) is 1. The third-order valence-electron chi connectivity index (χ3n) is 2.86. The Kier molecular flexibility index (Phi) is 2.52. The van der Waals surface area contributed by atoms with Crippen molar-refractivity contribution in [2.75, 3.05) is 0 Å². The molecule has 0 aliphatic heterocycles. The zero-order valence-corrected chi connectivity index (χ0v) is 10.2. The van der Waals surface area contributed by atoms with Crippen molar-refractivity contribution in [3.05, 3.63) is 30.4 Å². The van der Waals surface area contributed by atoms with Gasteiger partial charge in [0.15, 0.2) is 5.65 Å². The Morgan fingerprint density at radius 2 is 2.32 bits per heavy atom. The van der Waals surface area contributed by atoms with E-state index in [2.05, 4.69) is 20.1 Å². The molecule has 0 fully saturated rings. The van der Waals surface area contributed by atoms with E-state index in [4.69, 9.17) is 5.11 Å². The zero-order chi connectivity index (χ0) is 13.4. The predicted molar refractivity (Wildman–Crippen MR) is 67.7 cm³/mol. The minimum absolute atomic E-state index is 0.118. The number of H-pyrrole nitrogens is 1. The zero-order valence-electron chi connectivity index (χ0n) is 10.2. The summed E-state index contributed by atoms with van der Waals surface area (Å²) in [5, 5.41) is 13.2. The van der Waals surface area contributed by atoms with Crippen LogP contribution in [-0.4, -0.2) is 35.8 Å². The molecule has 96 valence electrons. The van der Waals surface area contributed by atoms with E-state index in [0.29, 0.717) is 16.9 Å². The van der Waals surface area contributed by atoms with Gasteiger partial charge in [-0.05, 0) is 6.92 Å². The quantitative estimate of drug-likeness (QED) is 0.741. The molecule has 3 heterocycles. The summed E-state index contributed by atoms with van der Waals surface area (Å²) in [7, 11) is 0.